The molecule has 1 saturated heterocycles. The monoisotopic (exact) mass is 329 g/mol. The van der Waals surface area contributed by atoms with E-state index >= 15 is 0 Å². The average molecular weight is 330 g/mol. The molecule has 0 aliphatic carbocycles. The summed E-state index contributed by atoms with van der Waals surface area (Å²) in [6.45, 7) is 11.1. The molecule has 1 aromatic rings. The van der Waals surface area contributed by atoms with Crippen LogP contribution in [0.5, 0.6) is 0 Å². The second-order valence-electron chi connectivity index (χ2n) is 8.24. The van der Waals surface area contributed by atoms with Gasteiger partial charge in [0.2, 0.25) is 0 Å². The number of aliphatic imine (C=N–C) groups is 1. The molecule has 2 atom stereocenters. The van der Waals surface area contributed by atoms with E-state index in [1.165, 1.54) is 37.7 Å². The maximum absolute atomic E-state index is 6.04. The van der Waals surface area contributed by atoms with Crippen molar-refractivity contribution >= 4 is 6.21 Å². The third kappa shape index (κ3) is 6.05. The largest absolute Gasteiger partial charge is 0.378 e. The van der Waals surface area contributed by atoms with E-state index in [9.17, 15) is 0 Å². The minimum atomic E-state index is 0.420. The average Bonchev–Trinajstić information content (AvgIpc) is 2.58. The Morgan fingerprint density at radius 3 is 2.58 bits per heavy atom. The van der Waals surface area contributed by atoms with Crippen molar-refractivity contribution in [2.24, 2.45) is 22.2 Å². The topological polar surface area (TPSA) is 21.6 Å². The summed E-state index contributed by atoms with van der Waals surface area (Å²) in [6.07, 6.45) is 8.67. The Kier molecular flexibility index (Phi) is 7.48. The molecular formula is C22H35NO. The van der Waals surface area contributed by atoms with Gasteiger partial charge in [-0.15, -0.1) is 0 Å². The Hall–Kier alpha value is -1.15. The highest BCUT2D eigenvalue weighted by Gasteiger charge is 2.37. The first kappa shape index (κ1) is 19.2. The zero-order valence-corrected chi connectivity index (χ0v) is 16.0. The standard InChI is InChI=1S/C22H35NO/c1-18(2)10-11-22(13-15-24-21(16-22)19(3)4)12-14-23-17-20-8-6-5-7-9-20/h5-9,17-19,21H,10-16H2,1-4H3/t21-,22-/m0/s1. The summed E-state index contributed by atoms with van der Waals surface area (Å²) >= 11 is 0. The van der Waals surface area contributed by atoms with Crippen molar-refractivity contribution in [3.8, 4) is 0 Å². The molecule has 0 aromatic heterocycles. The summed E-state index contributed by atoms with van der Waals surface area (Å²) < 4.78 is 6.04. The SMILES string of the molecule is CC(C)CC[C@]1(CCN=Cc2ccccc2)CCO[C@H](C(C)C)C1. The van der Waals surface area contributed by atoms with Crippen LogP contribution in [0.15, 0.2) is 35.3 Å². The number of benzene rings is 1. The molecule has 2 rings (SSSR count). The van der Waals surface area contributed by atoms with Gasteiger partial charge in [-0.2, -0.15) is 0 Å². The molecule has 0 saturated carbocycles. The predicted molar refractivity (Wildman–Crippen MR) is 104 cm³/mol. The number of ether oxygens (including phenoxy) is 1. The van der Waals surface area contributed by atoms with Crippen LogP contribution in [0.3, 0.4) is 0 Å². The molecule has 0 N–H and O–H groups in total. The normalized spacial score (nSPS) is 25.0. The fourth-order valence-corrected chi connectivity index (χ4v) is 3.63. The second kappa shape index (κ2) is 9.36. The number of rotatable bonds is 8. The maximum atomic E-state index is 6.04. The lowest BCUT2D eigenvalue weighted by Gasteiger charge is -2.43. The van der Waals surface area contributed by atoms with Gasteiger partial charge in [-0.1, -0.05) is 64.4 Å². The molecule has 1 aliphatic rings. The fraction of sp³-hybridized carbons (Fsp3) is 0.682. The minimum absolute atomic E-state index is 0.420. The summed E-state index contributed by atoms with van der Waals surface area (Å²) in [7, 11) is 0. The van der Waals surface area contributed by atoms with E-state index in [1.54, 1.807) is 0 Å². The summed E-state index contributed by atoms with van der Waals surface area (Å²) in [5, 5.41) is 0. The summed E-state index contributed by atoms with van der Waals surface area (Å²) in [4.78, 5) is 4.71. The molecule has 1 aromatic carbocycles. The first-order valence-corrected chi connectivity index (χ1v) is 9.67. The van der Waals surface area contributed by atoms with Gasteiger partial charge in [0.05, 0.1) is 6.10 Å². The van der Waals surface area contributed by atoms with Crippen molar-refractivity contribution in [3.05, 3.63) is 35.9 Å². The van der Waals surface area contributed by atoms with Gasteiger partial charge in [-0.25, -0.2) is 0 Å². The number of hydrogen-bond acceptors (Lipinski definition) is 2. The highest BCUT2D eigenvalue weighted by atomic mass is 16.5. The van der Waals surface area contributed by atoms with Crippen LogP contribution >= 0.6 is 0 Å². The van der Waals surface area contributed by atoms with E-state index in [-0.39, 0.29) is 0 Å². The van der Waals surface area contributed by atoms with Gasteiger partial charge in [-0.3, -0.25) is 4.99 Å². The maximum Gasteiger partial charge on any atom is 0.0603 e. The van der Waals surface area contributed by atoms with E-state index < -0.39 is 0 Å². The van der Waals surface area contributed by atoms with E-state index in [0.717, 1.165) is 19.1 Å². The highest BCUT2D eigenvalue weighted by molar-refractivity contribution is 5.79. The zero-order valence-electron chi connectivity index (χ0n) is 16.0. The van der Waals surface area contributed by atoms with Crippen molar-refractivity contribution in [3.63, 3.8) is 0 Å². The summed E-state index contributed by atoms with van der Waals surface area (Å²) in [5.74, 6) is 1.38. The third-order valence-corrected chi connectivity index (χ3v) is 5.41. The van der Waals surface area contributed by atoms with Crippen molar-refractivity contribution in [1.29, 1.82) is 0 Å². The van der Waals surface area contributed by atoms with Crippen LogP contribution in [0, 0.1) is 17.3 Å². The van der Waals surface area contributed by atoms with Crippen LogP contribution in [0.25, 0.3) is 0 Å². The lowest BCUT2D eigenvalue weighted by Crippen LogP contribution is -2.38. The Morgan fingerprint density at radius 2 is 1.92 bits per heavy atom. The quantitative estimate of drug-likeness (QED) is 0.556. The van der Waals surface area contributed by atoms with Gasteiger partial charge in [-0.05, 0) is 48.5 Å². The van der Waals surface area contributed by atoms with Gasteiger partial charge in [0.25, 0.3) is 0 Å². The Morgan fingerprint density at radius 1 is 1.17 bits per heavy atom. The lowest BCUT2D eigenvalue weighted by atomic mass is 9.69. The minimum Gasteiger partial charge on any atom is -0.378 e. The summed E-state index contributed by atoms with van der Waals surface area (Å²) in [5.41, 5.74) is 1.62. The van der Waals surface area contributed by atoms with Crippen LogP contribution in [0.2, 0.25) is 0 Å². The van der Waals surface area contributed by atoms with Gasteiger partial charge < -0.3 is 4.74 Å². The lowest BCUT2D eigenvalue weighted by molar-refractivity contribution is -0.0755. The summed E-state index contributed by atoms with van der Waals surface area (Å²) in [6, 6.07) is 10.4. The van der Waals surface area contributed by atoms with Crippen molar-refractivity contribution < 1.29 is 4.74 Å². The van der Waals surface area contributed by atoms with E-state index in [1.807, 2.05) is 12.3 Å². The predicted octanol–water partition coefficient (Wildman–Crippen LogP) is 5.75. The van der Waals surface area contributed by atoms with Crippen molar-refractivity contribution in [2.45, 2.75) is 65.9 Å². The fourth-order valence-electron chi connectivity index (χ4n) is 3.63. The smallest absolute Gasteiger partial charge is 0.0603 e. The van der Waals surface area contributed by atoms with E-state index in [2.05, 4.69) is 52.0 Å². The Labute approximate surface area is 148 Å². The van der Waals surface area contributed by atoms with Crippen LogP contribution in [0.1, 0.15) is 65.4 Å². The van der Waals surface area contributed by atoms with Gasteiger partial charge in [0.1, 0.15) is 0 Å². The first-order chi connectivity index (χ1) is 11.5. The van der Waals surface area contributed by atoms with Crippen LogP contribution in [-0.4, -0.2) is 25.5 Å². The molecule has 1 heterocycles. The van der Waals surface area contributed by atoms with Crippen LogP contribution < -0.4 is 0 Å². The number of nitrogens with zero attached hydrogens (tertiary/aromatic N) is 1. The Balaban J connectivity index is 1.96. The molecule has 24 heavy (non-hydrogen) atoms. The molecule has 0 amide bonds. The molecular weight excluding hydrogens is 294 g/mol. The molecule has 2 nitrogen and oxygen atoms in total. The van der Waals surface area contributed by atoms with E-state index in [0.29, 0.717) is 17.4 Å². The molecule has 0 unspecified atom stereocenters. The second-order valence-corrected chi connectivity index (χ2v) is 8.24. The zero-order chi connectivity index (χ0) is 17.4. The molecule has 0 spiro atoms. The van der Waals surface area contributed by atoms with Gasteiger partial charge in [0.15, 0.2) is 0 Å². The van der Waals surface area contributed by atoms with E-state index in [4.69, 9.17) is 9.73 Å². The third-order valence-electron chi connectivity index (χ3n) is 5.41. The molecule has 2 heteroatoms. The Bertz CT molecular complexity index is 494. The van der Waals surface area contributed by atoms with Crippen LogP contribution in [0.4, 0.5) is 0 Å². The molecule has 1 fully saturated rings. The molecule has 134 valence electrons. The molecule has 0 radical (unpaired) electrons. The number of hydrogen-bond donors (Lipinski definition) is 0. The van der Waals surface area contributed by atoms with Crippen LogP contribution in [-0.2, 0) is 4.74 Å². The highest BCUT2D eigenvalue weighted by Crippen LogP contribution is 2.43. The first-order valence-electron chi connectivity index (χ1n) is 9.67. The van der Waals surface area contributed by atoms with Gasteiger partial charge in [0, 0.05) is 19.4 Å². The van der Waals surface area contributed by atoms with Crippen molar-refractivity contribution in [2.75, 3.05) is 13.2 Å². The molecule has 1 aliphatic heterocycles. The van der Waals surface area contributed by atoms with Crippen molar-refractivity contribution in [1.82, 2.24) is 0 Å². The molecule has 0 bridgehead atoms. The van der Waals surface area contributed by atoms with Gasteiger partial charge >= 0.3 is 0 Å².